The number of ether oxygens (including phenoxy) is 4. The van der Waals surface area contributed by atoms with Crippen molar-refractivity contribution in [3.05, 3.63) is 88.5 Å². The van der Waals surface area contributed by atoms with Crippen molar-refractivity contribution in [2.45, 2.75) is 27.7 Å². The Morgan fingerprint density at radius 2 is 1.73 bits per heavy atom. The van der Waals surface area contributed by atoms with Crippen molar-refractivity contribution in [2.75, 3.05) is 27.9 Å². The molecule has 2 heterocycles. The average Bonchev–Trinajstić information content (AvgIpc) is 3.48. The number of benzene rings is 2. The molecule has 0 atom stereocenters. The lowest BCUT2D eigenvalue weighted by molar-refractivity contribution is 0.0525. The second-order valence-corrected chi connectivity index (χ2v) is 11.0. The fourth-order valence-corrected chi connectivity index (χ4v) is 6.11. The van der Waals surface area contributed by atoms with E-state index in [1.54, 1.807) is 64.1 Å². The Morgan fingerprint density at radius 3 is 2.30 bits per heavy atom. The summed E-state index contributed by atoms with van der Waals surface area (Å²) in [5, 5.41) is 10.7. The number of Topliss-reactive ketones (excluding diaryl/α,β-unsaturated/α-hetero) is 1. The summed E-state index contributed by atoms with van der Waals surface area (Å²) in [6.45, 7) is 6.83. The Bertz CT molecular complexity index is 1990. The van der Waals surface area contributed by atoms with Gasteiger partial charge in [0.2, 0.25) is 11.5 Å². The van der Waals surface area contributed by atoms with Gasteiger partial charge in [-0.3, -0.25) is 14.2 Å². The lowest BCUT2D eigenvalue weighted by Gasteiger charge is -2.12. The topological polar surface area (TPSA) is 133 Å². The first-order valence-electron chi connectivity index (χ1n) is 13.4. The zero-order valence-electron chi connectivity index (χ0n) is 25.2. The third kappa shape index (κ3) is 5.74. The molecule has 0 spiro atoms. The second kappa shape index (κ2) is 13.2. The van der Waals surface area contributed by atoms with Crippen LogP contribution in [0.25, 0.3) is 17.3 Å². The highest BCUT2D eigenvalue weighted by Gasteiger charge is 2.27. The smallest absolute Gasteiger partial charge is 0.340 e. The third-order valence-electron chi connectivity index (χ3n) is 6.99. The van der Waals surface area contributed by atoms with E-state index in [0.29, 0.717) is 50.3 Å². The lowest BCUT2D eigenvalue weighted by Crippen LogP contribution is -2.32. The predicted molar refractivity (Wildman–Crippen MR) is 168 cm³/mol. The van der Waals surface area contributed by atoms with Crippen molar-refractivity contribution in [1.29, 1.82) is 5.26 Å². The number of carbonyl (C=O) groups excluding carboxylic acids is 2. The number of hydrogen-bond acceptors (Lipinski definition) is 9. The number of nitrogens with one attached hydrogen (secondary N) is 1. The van der Waals surface area contributed by atoms with Crippen LogP contribution in [0.5, 0.6) is 17.2 Å². The highest BCUT2D eigenvalue weighted by atomic mass is 35.5. The van der Waals surface area contributed by atoms with Gasteiger partial charge >= 0.3 is 5.97 Å². The first kappa shape index (κ1) is 32.1. The molecule has 4 aromatic rings. The summed E-state index contributed by atoms with van der Waals surface area (Å²) in [5.74, 6) is -0.111. The minimum atomic E-state index is -0.683. The number of thiazole rings is 1. The van der Waals surface area contributed by atoms with Crippen molar-refractivity contribution in [2.24, 2.45) is 0 Å². The SMILES string of the molecule is CCOC(=O)c1c(C)[nH]c(C(=O)C(C#N)=c2sc(=Cc3cc(OC)c(OC)c(OC)c3)c(=O)n2-c2cccc(Cl)c2C)c1C. The third-order valence-corrected chi connectivity index (χ3v) is 8.49. The molecule has 0 radical (unpaired) electrons. The lowest BCUT2D eigenvalue weighted by atomic mass is 10.0. The maximum atomic E-state index is 14.1. The van der Waals surface area contributed by atoms with Gasteiger partial charge in [-0.15, -0.1) is 11.3 Å². The van der Waals surface area contributed by atoms with Gasteiger partial charge in [0, 0.05) is 10.7 Å². The summed E-state index contributed by atoms with van der Waals surface area (Å²) in [6, 6.07) is 10.4. The van der Waals surface area contributed by atoms with Crippen LogP contribution in [0.4, 0.5) is 0 Å². The van der Waals surface area contributed by atoms with E-state index < -0.39 is 17.3 Å². The number of nitriles is 1. The molecule has 0 saturated carbocycles. The number of aromatic nitrogens is 2. The minimum Gasteiger partial charge on any atom is -0.493 e. The Morgan fingerprint density at radius 1 is 1.07 bits per heavy atom. The molecular weight excluding hydrogens is 606 g/mol. The number of rotatable bonds is 9. The fourth-order valence-electron chi connectivity index (χ4n) is 4.85. The number of nitrogens with zero attached hydrogens (tertiary/aromatic N) is 2. The van der Waals surface area contributed by atoms with E-state index in [0.717, 1.165) is 11.3 Å². The highest BCUT2D eigenvalue weighted by molar-refractivity contribution is 7.07. The minimum absolute atomic E-state index is 0.0486. The van der Waals surface area contributed by atoms with Crippen LogP contribution in [0, 0.1) is 32.1 Å². The zero-order valence-corrected chi connectivity index (χ0v) is 26.8. The molecule has 10 nitrogen and oxygen atoms in total. The number of ketones is 1. The van der Waals surface area contributed by atoms with Gasteiger partial charge in [-0.2, -0.15) is 5.26 Å². The van der Waals surface area contributed by atoms with Crippen molar-refractivity contribution < 1.29 is 28.5 Å². The summed E-state index contributed by atoms with van der Waals surface area (Å²) < 4.78 is 23.1. The van der Waals surface area contributed by atoms with Crippen LogP contribution in [0.3, 0.4) is 0 Å². The van der Waals surface area contributed by atoms with Crippen LogP contribution >= 0.6 is 22.9 Å². The number of hydrogen-bond donors (Lipinski definition) is 1. The van der Waals surface area contributed by atoms with Gasteiger partial charge in [0.15, 0.2) is 11.5 Å². The molecule has 228 valence electrons. The summed E-state index contributed by atoms with van der Waals surface area (Å²) in [5.41, 5.74) is 1.80. The molecule has 12 heteroatoms. The van der Waals surface area contributed by atoms with Crippen molar-refractivity contribution in [1.82, 2.24) is 9.55 Å². The number of halogens is 1. The molecule has 2 aromatic heterocycles. The van der Waals surface area contributed by atoms with E-state index in [9.17, 15) is 19.6 Å². The maximum Gasteiger partial charge on any atom is 0.340 e. The van der Waals surface area contributed by atoms with E-state index >= 15 is 0 Å². The molecule has 0 aliphatic heterocycles. The molecule has 0 aliphatic carbocycles. The molecule has 44 heavy (non-hydrogen) atoms. The number of carbonyl (C=O) groups is 2. The van der Waals surface area contributed by atoms with Crippen molar-refractivity contribution in [3.63, 3.8) is 0 Å². The maximum absolute atomic E-state index is 14.1. The molecule has 0 fully saturated rings. The molecule has 2 aromatic carbocycles. The quantitative estimate of drug-likeness (QED) is 0.212. The Balaban J connectivity index is 2.08. The first-order valence-corrected chi connectivity index (χ1v) is 14.6. The molecule has 0 unspecified atom stereocenters. The number of aromatic amines is 1. The van der Waals surface area contributed by atoms with Crippen LogP contribution in [-0.2, 0) is 4.74 Å². The second-order valence-electron chi connectivity index (χ2n) is 9.56. The Labute approximate surface area is 262 Å². The van der Waals surface area contributed by atoms with E-state index in [1.165, 1.54) is 25.9 Å². The molecule has 0 bridgehead atoms. The van der Waals surface area contributed by atoms with Gasteiger partial charge in [-0.05, 0) is 74.7 Å². The standard InChI is InChI=1S/C32H30ClN3O7S/c1-8-43-32(39)26-17(3)27(35-18(26)4)28(37)20(15-34)31-36(22-11-9-10-21(33)16(22)2)30(38)25(44-31)14-19-12-23(40-5)29(42-7)24(13-19)41-6/h9-14,35H,8H2,1-7H3. The summed E-state index contributed by atoms with van der Waals surface area (Å²) in [4.78, 5) is 43.5. The monoisotopic (exact) mass is 635 g/mol. The van der Waals surface area contributed by atoms with E-state index in [1.807, 2.05) is 6.07 Å². The average molecular weight is 636 g/mol. The zero-order chi connectivity index (χ0) is 32.3. The van der Waals surface area contributed by atoms with Gasteiger partial charge in [-0.25, -0.2) is 4.79 Å². The van der Waals surface area contributed by atoms with Crippen LogP contribution in [0.2, 0.25) is 5.02 Å². The van der Waals surface area contributed by atoms with Crippen LogP contribution < -0.4 is 29.0 Å². The summed E-state index contributed by atoms with van der Waals surface area (Å²) >= 11 is 7.39. The van der Waals surface area contributed by atoms with E-state index in [4.69, 9.17) is 30.5 Å². The van der Waals surface area contributed by atoms with Gasteiger partial charge in [-0.1, -0.05) is 17.7 Å². The van der Waals surface area contributed by atoms with Crippen LogP contribution in [-0.4, -0.2) is 49.2 Å². The van der Waals surface area contributed by atoms with Gasteiger partial charge in [0.05, 0.1) is 49.4 Å². The molecule has 0 aliphatic rings. The summed E-state index contributed by atoms with van der Waals surface area (Å²) in [7, 11) is 4.45. The van der Waals surface area contributed by atoms with Crippen molar-refractivity contribution in [3.8, 4) is 29.0 Å². The largest absolute Gasteiger partial charge is 0.493 e. The van der Waals surface area contributed by atoms with Crippen LogP contribution in [0.1, 0.15) is 50.2 Å². The molecule has 4 rings (SSSR count). The number of methoxy groups -OCH3 is 3. The number of esters is 1. The van der Waals surface area contributed by atoms with Crippen LogP contribution in [0.15, 0.2) is 35.1 Å². The molecule has 1 N–H and O–H groups in total. The fraction of sp³-hybridized carbons (Fsp3) is 0.250. The molecular formula is C32H30ClN3O7S. The highest BCUT2D eigenvalue weighted by Crippen LogP contribution is 2.38. The van der Waals surface area contributed by atoms with Gasteiger partial charge in [0.25, 0.3) is 5.56 Å². The van der Waals surface area contributed by atoms with E-state index in [2.05, 4.69) is 4.98 Å². The Kier molecular flexibility index (Phi) is 9.67. The van der Waals surface area contributed by atoms with Crippen molar-refractivity contribution >= 4 is 46.3 Å². The summed E-state index contributed by atoms with van der Waals surface area (Å²) in [6.07, 6.45) is 1.61. The molecule has 0 amide bonds. The molecule has 0 saturated heterocycles. The predicted octanol–water partition coefficient (Wildman–Crippen LogP) is 4.39. The number of aryl methyl sites for hydroxylation is 1. The number of H-pyrrole nitrogens is 1. The Hall–Kier alpha value is -4.79. The van der Waals surface area contributed by atoms with E-state index in [-0.39, 0.29) is 32.6 Å². The van der Waals surface area contributed by atoms with Gasteiger partial charge in [0.1, 0.15) is 16.3 Å². The van der Waals surface area contributed by atoms with Gasteiger partial charge < -0.3 is 23.9 Å². The normalized spacial score (nSPS) is 12.0. The first-order chi connectivity index (χ1) is 21.0.